The SMILES string of the molecule is Cc1cc(N2CC(C)CCC2C)c(C(C)N)cc1F. The van der Waals surface area contributed by atoms with Gasteiger partial charge in [0, 0.05) is 24.3 Å². The van der Waals surface area contributed by atoms with E-state index in [-0.39, 0.29) is 11.9 Å². The number of hydrogen-bond donors (Lipinski definition) is 1. The van der Waals surface area contributed by atoms with E-state index in [4.69, 9.17) is 5.73 Å². The molecule has 0 bridgehead atoms. The molecule has 1 aliphatic rings. The van der Waals surface area contributed by atoms with Gasteiger partial charge in [-0.1, -0.05) is 6.92 Å². The third kappa shape index (κ3) is 2.92. The molecule has 19 heavy (non-hydrogen) atoms. The monoisotopic (exact) mass is 264 g/mol. The zero-order valence-corrected chi connectivity index (χ0v) is 12.4. The van der Waals surface area contributed by atoms with Crippen LogP contribution in [0, 0.1) is 18.7 Å². The Morgan fingerprint density at radius 1 is 1.32 bits per heavy atom. The second-order valence-corrected chi connectivity index (χ2v) is 6.13. The fourth-order valence-corrected chi connectivity index (χ4v) is 2.92. The Hall–Kier alpha value is -1.09. The van der Waals surface area contributed by atoms with Crippen LogP contribution < -0.4 is 10.6 Å². The number of halogens is 1. The second kappa shape index (κ2) is 5.49. The van der Waals surface area contributed by atoms with Gasteiger partial charge in [-0.2, -0.15) is 0 Å². The zero-order chi connectivity index (χ0) is 14.2. The van der Waals surface area contributed by atoms with E-state index < -0.39 is 0 Å². The van der Waals surface area contributed by atoms with E-state index in [0.717, 1.165) is 17.8 Å². The van der Waals surface area contributed by atoms with Gasteiger partial charge in [0.2, 0.25) is 0 Å². The predicted molar refractivity (Wildman–Crippen MR) is 78.9 cm³/mol. The third-order valence-corrected chi connectivity index (χ3v) is 4.23. The van der Waals surface area contributed by atoms with Crippen molar-refractivity contribution in [3.8, 4) is 0 Å². The van der Waals surface area contributed by atoms with Gasteiger partial charge in [0.1, 0.15) is 5.82 Å². The molecule has 2 rings (SSSR count). The lowest BCUT2D eigenvalue weighted by atomic mass is 9.92. The van der Waals surface area contributed by atoms with Crippen molar-refractivity contribution in [2.24, 2.45) is 11.7 Å². The zero-order valence-electron chi connectivity index (χ0n) is 12.4. The Kier molecular flexibility index (Phi) is 4.14. The molecule has 1 saturated heterocycles. The van der Waals surface area contributed by atoms with Crippen molar-refractivity contribution in [3.63, 3.8) is 0 Å². The summed E-state index contributed by atoms with van der Waals surface area (Å²) in [6.07, 6.45) is 2.46. The molecule has 1 aliphatic heterocycles. The summed E-state index contributed by atoms with van der Waals surface area (Å²) >= 11 is 0. The van der Waals surface area contributed by atoms with E-state index in [1.165, 1.54) is 12.8 Å². The molecule has 3 heteroatoms. The lowest BCUT2D eigenvalue weighted by molar-refractivity contribution is 0.389. The van der Waals surface area contributed by atoms with Gasteiger partial charge >= 0.3 is 0 Å². The van der Waals surface area contributed by atoms with Gasteiger partial charge in [0.15, 0.2) is 0 Å². The molecule has 1 aromatic carbocycles. The van der Waals surface area contributed by atoms with E-state index in [1.807, 2.05) is 19.9 Å². The normalized spacial score (nSPS) is 25.5. The first-order valence-electron chi connectivity index (χ1n) is 7.22. The van der Waals surface area contributed by atoms with Crippen LogP contribution in [0.3, 0.4) is 0 Å². The molecule has 2 nitrogen and oxygen atoms in total. The molecule has 0 spiro atoms. The van der Waals surface area contributed by atoms with Crippen molar-refractivity contribution in [1.29, 1.82) is 0 Å². The van der Waals surface area contributed by atoms with Crippen molar-refractivity contribution in [3.05, 3.63) is 29.1 Å². The Balaban J connectivity index is 2.44. The van der Waals surface area contributed by atoms with Crippen molar-refractivity contribution in [2.45, 2.75) is 52.6 Å². The molecular weight excluding hydrogens is 239 g/mol. The molecule has 1 fully saturated rings. The van der Waals surface area contributed by atoms with E-state index >= 15 is 0 Å². The quantitative estimate of drug-likeness (QED) is 0.881. The number of aryl methyl sites for hydroxylation is 1. The Morgan fingerprint density at radius 2 is 2.00 bits per heavy atom. The number of nitrogens with zero attached hydrogens (tertiary/aromatic N) is 1. The molecule has 106 valence electrons. The third-order valence-electron chi connectivity index (χ3n) is 4.23. The summed E-state index contributed by atoms with van der Waals surface area (Å²) < 4.78 is 13.8. The lowest BCUT2D eigenvalue weighted by Crippen LogP contribution is -2.42. The highest BCUT2D eigenvalue weighted by molar-refractivity contribution is 5.58. The van der Waals surface area contributed by atoms with Crippen LogP contribution in [0.25, 0.3) is 0 Å². The van der Waals surface area contributed by atoms with Crippen LogP contribution in [0.5, 0.6) is 0 Å². The van der Waals surface area contributed by atoms with Gasteiger partial charge < -0.3 is 10.6 Å². The summed E-state index contributed by atoms with van der Waals surface area (Å²) in [5, 5.41) is 0. The van der Waals surface area contributed by atoms with Crippen LogP contribution in [0.2, 0.25) is 0 Å². The summed E-state index contributed by atoms with van der Waals surface area (Å²) in [6, 6.07) is 3.93. The molecule has 3 atom stereocenters. The van der Waals surface area contributed by atoms with Gasteiger partial charge in [-0.05, 0) is 62.8 Å². The molecule has 0 saturated carbocycles. The van der Waals surface area contributed by atoms with E-state index in [9.17, 15) is 4.39 Å². The fraction of sp³-hybridized carbons (Fsp3) is 0.625. The maximum absolute atomic E-state index is 13.8. The molecular formula is C16H25FN2. The molecule has 2 N–H and O–H groups in total. The number of anilines is 1. The van der Waals surface area contributed by atoms with Crippen molar-refractivity contribution >= 4 is 5.69 Å². The molecule has 0 aliphatic carbocycles. The Morgan fingerprint density at radius 3 is 2.63 bits per heavy atom. The fourth-order valence-electron chi connectivity index (χ4n) is 2.92. The van der Waals surface area contributed by atoms with Gasteiger partial charge in [0.25, 0.3) is 0 Å². The van der Waals surface area contributed by atoms with Gasteiger partial charge in [-0.25, -0.2) is 4.39 Å². The summed E-state index contributed by atoms with van der Waals surface area (Å²) in [6.45, 7) is 9.30. The van der Waals surface area contributed by atoms with Crippen LogP contribution in [0.4, 0.5) is 10.1 Å². The van der Waals surface area contributed by atoms with Crippen molar-refractivity contribution in [2.75, 3.05) is 11.4 Å². The second-order valence-electron chi connectivity index (χ2n) is 6.13. The average molecular weight is 264 g/mol. The highest BCUT2D eigenvalue weighted by atomic mass is 19.1. The first-order valence-corrected chi connectivity index (χ1v) is 7.22. The molecule has 0 aromatic heterocycles. The molecule has 0 amide bonds. The maximum atomic E-state index is 13.8. The van der Waals surface area contributed by atoms with E-state index in [0.29, 0.717) is 17.5 Å². The molecule has 3 unspecified atom stereocenters. The van der Waals surface area contributed by atoms with Crippen LogP contribution in [0.1, 0.15) is 50.8 Å². The predicted octanol–water partition coefficient (Wildman–Crippen LogP) is 3.78. The number of nitrogens with two attached hydrogens (primary N) is 1. The smallest absolute Gasteiger partial charge is 0.126 e. The summed E-state index contributed by atoms with van der Waals surface area (Å²) in [5.74, 6) is 0.524. The number of benzene rings is 1. The Labute approximate surface area is 115 Å². The van der Waals surface area contributed by atoms with Gasteiger partial charge in [-0.3, -0.25) is 0 Å². The van der Waals surface area contributed by atoms with Crippen molar-refractivity contribution < 1.29 is 4.39 Å². The highest BCUT2D eigenvalue weighted by Gasteiger charge is 2.26. The van der Waals surface area contributed by atoms with Crippen LogP contribution in [-0.2, 0) is 0 Å². The summed E-state index contributed by atoms with van der Waals surface area (Å²) in [5.41, 5.74) is 8.76. The molecule has 0 radical (unpaired) electrons. The average Bonchev–Trinajstić information content (AvgIpc) is 2.35. The number of rotatable bonds is 2. The van der Waals surface area contributed by atoms with E-state index in [2.05, 4.69) is 18.7 Å². The minimum absolute atomic E-state index is 0.144. The Bertz CT molecular complexity index is 456. The van der Waals surface area contributed by atoms with Crippen LogP contribution in [-0.4, -0.2) is 12.6 Å². The van der Waals surface area contributed by atoms with Crippen LogP contribution >= 0.6 is 0 Å². The standard InChI is InChI=1S/C16H25FN2/c1-10-5-6-12(3)19(9-10)16-7-11(2)15(17)8-14(16)13(4)18/h7-8,10,12-13H,5-6,9,18H2,1-4H3. The molecule has 1 aromatic rings. The largest absolute Gasteiger partial charge is 0.368 e. The summed E-state index contributed by atoms with van der Waals surface area (Å²) in [7, 11) is 0. The first-order chi connectivity index (χ1) is 8.90. The minimum atomic E-state index is -0.159. The van der Waals surface area contributed by atoms with Crippen LogP contribution in [0.15, 0.2) is 12.1 Å². The minimum Gasteiger partial charge on any atom is -0.368 e. The number of hydrogen-bond acceptors (Lipinski definition) is 2. The van der Waals surface area contributed by atoms with E-state index in [1.54, 1.807) is 6.07 Å². The maximum Gasteiger partial charge on any atom is 0.126 e. The first kappa shape index (κ1) is 14.3. The lowest BCUT2D eigenvalue weighted by Gasteiger charge is -2.40. The highest BCUT2D eigenvalue weighted by Crippen LogP contribution is 2.34. The van der Waals surface area contributed by atoms with Crippen molar-refractivity contribution in [1.82, 2.24) is 0 Å². The van der Waals surface area contributed by atoms with Gasteiger partial charge in [0.05, 0.1) is 0 Å². The molecule has 1 heterocycles. The number of piperidine rings is 1. The summed E-state index contributed by atoms with van der Waals surface area (Å²) in [4.78, 5) is 2.40. The van der Waals surface area contributed by atoms with Gasteiger partial charge in [-0.15, -0.1) is 0 Å². The topological polar surface area (TPSA) is 29.3 Å².